The van der Waals surface area contributed by atoms with Gasteiger partial charge in [-0.05, 0) is 31.0 Å². The Morgan fingerprint density at radius 3 is 2.53 bits per heavy atom. The quantitative estimate of drug-likeness (QED) is 0.679. The van der Waals surface area contributed by atoms with Gasteiger partial charge in [0.15, 0.2) is 0 Å². The Morgan fingerprint density at radius 1 is 1.05 bits per heavy atom. The van der Waals surface area contributed by atoms with Gasteiger partial charge in [-0.15, -0.1) is 0 Å². The maximum Gasteiger partial charge on any atom is 0.137 e. The van der Waals surface area contributed by atoms with Gasteiger partial charge >= 0.3 is 0 Å². The molecule has 2 aromatic heterocycles. The lowest BCUT2D eigenvalue weighted by molar-refractivity contribution is 0.922. The number of fused-ring (bicyclic) bond motifs is 1. The average Bonchev–Trinajstić information content (AvgIpc) is 2.85. The number of hydrogen-bond donors (Lipinski definition) is 0. The molecule has 0 aliphatic carbocycles. The van der Waals surface area contributed by atoms with Crippen LogP contribution in [0.3, 0.4) is 0 Å². The molecule has 0 bridgehead atoms. The van der Waals surface area contributed by atoms with Crippen LogP contribution in [0.15, 0.2) is 48.7 Å². The van der Waals surface area contributed by atoms with Crippen LogP contribution in [0, 0.1) is 6.92 Å². The van der Waals surface area contributed by atoms with Gasteiger partial charge in [0.05, 0.1) is 5.69 Å². The molecule has 0 saturated heterocycles. The topological polar surface area (TPSA) is 17.3 Å². The van der Waals surface area contributed by atoms with E-state index in [4.69, 9.17) is 0 Å². The molecule has 0 radical (unpaired) electrons. The van der Waals surface area contributed by atoms with Crippen molar-refractivity contribution in [1.29, 1.82) is 0 Å². The summed E-state index contributed by atoms with van der Waals surface area (Å²) >= 11 is 0. The molecule has 0 N–H and O–H groups in total. The number of aromatic nitrogens is 2. The Kier molecular flexibility index (Phi) is 3.08. The second-order valence-corrected chi connectivity index (χ2v) is 4.97. The van der Waals surface area contributed by atoms with Crippen LogP contribution in [-0.4, -0.2) is 9.38 Å². The minimum absolute atomic E-state index is 1.01. The van der Waals surface area contributed by atoms with E-state index < -0.39 is 0 Å². The Labute approximate surface area is 113 Å². The van der Waals surface area contributed by atoms with Gasteiger partial charge in [-0.25, -0.2) is 4.98 Å². The van der Waals surface area contributed by atoms with E-state index in [9.17, 15) is 0 Å². The number of benzene rings is 1. The highest BCUT2D eigenvalue weighted by Crippen LogP contribution is 2.21. The molecule has 3 aromatic rings. The number of nitrogens with zero attached hydrogens (tertiary/aromatic N) is 2. The van der Waals surface area contributed by atoms with Gasteiger partial charge in [0.25, 0.3) is 0 Å². The first-order valence-corrected chi connectivity index (χ1v) is 6.82. The van der Waals surface area contributed by atoms with Crippen molar-refractivity contribution in [3.8, 4) is 11.3 Å². The first-order valence-electron chi connectivity index (χ1n) is 6.82. The highest BCUT2D eigenvalue weighted by molar-refractivity contribution is 5.63. The number of hydrogen-bond acceptors (Lipinski definition) is 1. The van der Waals surface area contributed by atoms with Gasteiger partial charge < -0.3 is 4.40 Å². The van der Waals surface area contributed by atoms with Crippen LogP contribution in [-0.2, 0) is 6.42 Å². The molecular formula is C17H18N2. The molecule has 1 aromatic carbocycles. The van der Waals surface area contributed by atoms with E-state index in [1.54, 1.807) is 0 Å². The highest BCUT2D eigenvalue weighted by Gasteiger charge is 2.05. The van der Waals surface area contributed by atoms with E-state index in [1.807, 2.05) is 12.1 Å². The van der Waals surface area contributed by atoms with Crippen molar-refractivity contribution in [2.75, 3.05) is 0 Å². The molecule has 0 fully saturated rings. The van der Waals surface area contributed by atoms with Crippen LogP contribution >= 0.6 is 0 Å². The van der Waals surface area contributed by atoms with Crippen molar-refractivity contribution in [1.82, 2.24) is 9.38 Å². The largest absolute Gasteiger partial charge is 0.304 e. The Bertz CT molecular complexity index is 693. The lowest BCUT2D eigenvalue weighted by Gasteiger charge is -2.00. The lowest BCUT2D eigenvalue weighted by Crippen LogP contribution is -1.86. The fourth-order valence-corrected chi connectivity index (χ4v) is 2.42. The van der Waals surface area contributed by atoms with Crippen molar-refractivity contribution in [3.05, 3.63) is 59.9 Å². The average molecular weight is 250 g/mol. The van der Waals surface area contributed by atoms with Crippen molar-refractivity contribution in [2.24, 2.45) is 0 Å². The van der Waals surface area contributed by atoms with E-state index in [-0.39, 0.29) is 0 Å². The fraction of sp³-hybridized carbons (Fsp3) is 0.235. The first kappa shape index (κ1) is 12.0. The van der Waals surface area contributed by atoms with Gasteiger partial charge in [0.2, 0.25) is 0 Å². The summed E-state index contributed by atoms with van der Waals surface area (Å²) in [7, 11) is 0. The van der Waals surface area contributed by atoms with Gasteiger partial charge in [-0.3, -0.25) is 0 Å². The summed E-state index contributed by atoms with van der Waals surface area (Å²) < 4.78 is 2.13. The van der Waals surface area contributed by atoms with E-state index in [2.05, 4.69) is 59.8 Å². The van der Waals surface area contributed by atoms with Crippen LogP contribution in [0.25, 0.3) is 16.9 Å². The van der Waals surface area contributed by atoms with E-state index in [0.29, 0.717) is 0 Å². The van der Waals surface area contributed by atoms with Crippen molar-refractivity contribution >= 4 is 5.65 Å². The van der Waals surface area contributed by atoms with Gasteiger partial charge in [0.1, 0.15) is 5.65 Å². The van der Waals surface area contributed by atoms with Gasteiger partial charge in [-0.2, -0.15) is 0 Å². The number of imidazole rings is 1. The molecule has 19 heavy (non-hydrogen) atoms. The summed E-state index contributed by atoms with van der Waals surface area (Å²) in [6, 6.07) is 14.9. The minimum Gasteiger partial charge on any atom is -0.304 e. The molecule has 0 atom stereocenters. The fourth-order valence-electron chi connectivity index (χ4n) is 2.42. The van der Waals surface area contributed by atoms with Crippen LogP contribution < -0.4 is 0 Å². The summed E-state index contributed by atoms with van der Waals surface area (Å²) in [5.74, 6) is 0. The zero-order valence-electron chi connectivity index (χ0n) is 11.4. The van der Waals surface area contributed by atoms with Crippen LogP contribution in [0.2, 0.25) is 0 Å². The molecule has 0 amide bonds. The van der Waals surface area contributed by atoms with Gasteiger partial charge in [-0.1, -0.05) is 43.7 Å². The SMILES string of the molecule is CCCc1ccc(-c2cn3c(C)cccc3n2)cc1. The summed E-state index contributed by atoms with van der Waals surface area (Å²) in [6.45, 7) is 4.31. The summed E-state index contributed by atoms with van der Waals surface area (Å²) in [4.78, 5) is 4.68. The molecule has 3 rings (SSSR count). The van der Waals surface area contributed by atoms with Crippen molar-refractivity contribution < 1.29 is 0 Å². The maximum absolute atomic E-state index is 4.68. The third-order valence-corrected chi connectivity index (χ3v) is 3.48. The van der Waals surface area contributed by atoms with Gasteiger partial charge in [0, 0.05) is 17.5 Å². The normalized spacial score (nSPS) is 11.1. The summed E-state index contributed by atoms with van der Waals surface area (Å²) in [5, 5.41) is 0. The Hall–Kier alpha value is -2.09. The second kappa shape index (κ2) is 4.88. The predicted octanol–water partition coefficient (Wildman–Crippen LogP) is 4.26. The summed E-state index contributed by atoms with van der Waals surface area (Å²) in [6.07, 6.45) is 4.44. The zero-order valence-corrected chi connectivity index (χ0v) is 11.4. The second-order valence-electron chi connectivity index (χ2n) is 4.97. The first-order chi connectivity index (χ1) is 9.28. The van der Waals surface area contributed by atoms with E-state index in [0.717, 1.165) is 17.8 Å². The van der Waals surface area contributed by atoms with Crippen LogP contribution in [0.4, 0.5) is 0 Å². The molecule has 96 valence electrons. The van der Waals surface area contributed by atoms with Crippen molar-refractivity contribution in [3.63, 3.8) is 0 Å². The van der Waals surface area contributed by atoms with Crippen molar-refractivity contribution in [2.45, 2.75) is 26.7 Å². The zero-order chi connectivity index (χ0) is 13.2. The predicted molar refractivity (Wildman–Crippen MR) is 79.4 cm³/mol. The number of pyridine rings is 1. The minimum atomic E-state index is 1.01. The smallest absolute Gasteiger partial charge is 0.137 e. The highest BCUT2D eigenvalue weighted by atomic mass is 15.0. The molecule has 2 heteroatoms. The van der Waals surface area contributed by atoms with Crippen LogP contribution in [0.1, 0.15) is 24.6 Å². The standard InChI is InChI=1S/C17H18N2/c1-3-5-14-8-10-15(11-9-14)16-12-19-13(2)6-4-7-17(19)18-16/h4,6-12H,3,5H2,1-2H3. The number of rotatable bonds is 3. The molecule has 2 heterocycles. The lowest BCUT2D eigenvalue weighted by atomic mass is 10.1. The molecule has 2 nitrogen and oxygen atoms in total. The maximum atomic E-state index is 4.68. The molecule has 0 aliphatic heterocycles. The monoisotopic (exact) mass is 250 g/mol. The van der Waals surface area contributed by atoms with E-state index in [1.165, 1.54) is 23.2 Å². The molecule has 0 unspecified atom stereocenters. The molecule has 0 spiro atoms. The molecule has 0 aliphatic rings. The number of aryl methyl sites for hydroxylation is 2. The third-order valence-electron chi connectivity index (χ3n) is 3.48. The molecular weight excluding hydrogens is 232 g/mol. The van der Waals surface area contributed by atoms with E-state index >= 15 is 0 Å². The molecule has 0 saturated carbocycles. The Morgan fingerprint density at radius 2 is 1.84 bits per heavy atom. The summed E-state index contributed by atoms with van der Waals surface area (Å²) in [5.41, 5.74) is 5.83. The third kappa shape index (κ3) is 2.26. The Balaban J connectivity index is 2.01. The van der Waals surface area contributed by atoms with Crippen LogP contribution in [0.5, 0.6) is 0 Å².